The van der Waals surface area contributed by atoms with Gasteiger partial charge in [-0.2, -0.15) is 5.10 Å². The van der Waals surface area contributed by atoms with Gasteiger partial charge in [0.25, 0.3) is 5.91 Å². The van der Waals surface area contributed by atoms with Gasteiger partial charge in [0.05, 0.1) is 24.0 Å². The minimum absolute atomic E-state index is 0.172. The molecule has 0 aliphatic rings. The van der Waals surface area contributed by atoms with E-state index in [2.05, 4.69) is 15.7 Å². The lowest BCUT2D eigenvalue weighted by Gasteiger charge is -2.12. The second-order valence-corrected chi connectivity index (χ2v) is 5.48. The van der Waals surface area contributed by atoms with E-state index in [9.17, 15) is 9.59 Å². The van der Waals surface area contributed by atoms with Crippen molar-refractivity contribution in [1.29, 1.82) is 0 Å². The minimum atomic E-state index is -0.683. The molecule has 7 nitrogen and oxygen atoms in total. The molecule has 7 heteroatoms. The van der Waals surface area contributed by atoms with E-state index in [1.165, 1.54) is 6.26 Å². The summed E-state index contributed by atoms with van der Waals surface area (Å²) in [7, 11) is 1.86. The molecule has 1 aromatic carbocycles. The van der Waals surface area contributed by atoms with Crippen LogP contribution in [0.3, 0.4) is 0 Å². The number of furan rings is 1. The molecule has 3 rings (SSSR count). The van der Waals surface area contributed by atoms with Crippen molar-refractivity contribution in [3.05, 3.63) is 54.1 Å². The Morgan fingerprint density at radius 2 is 2.04 bits per heavy atom. The number of benzene rings is 1. The molecular formula is C17H18N4O3. The van der Waals surface area contributed by atoms with Gasteiger partial charge in [0, 0.05) is 12.4 Å². The number of hydrogen-bond acceptors (Lipinski definition) is 4. The second kappa shape index (κ2) is 6.57. The summed E-state index contributed by atoms with van der Waals surface area (Å²) in [6.07, 6.45) is 1.41. The minimum Gasteiger partial charge on any atom is -0.459 e. The van der Waals surface area contributed by atoms with Crippen molar-refractivity contribution in [3.63, 3.8) is 0 Å². The molecule has 0 saturated heterocycles. The van der Waals surface area contributed by atoms with Crippen LogP contribution in [-0.4, -0.2) is 27.6 Å². The summed E-state index contributed by atoms with van der Waals surface area (Å²) < 4.78 is 6.78. The van der Waals surface area contributed by atoms with Crippen LogP contribution in [0.25, 0.3) is 10.9 Å². The van der Waals surface area contributed by atoms with Crippen LogP contribution in [0.2, 0.25) is 0 Å². The molecule has 0 radical (unpaired) electrons. The lowest BCUT2D eigenvalue weighted by Crippen LogP contribution is -2.44. The van der Waals surface area contributed by atoms with E-state index < -0.39 is 11.9 Å². The number of hydrogen-bond donors (Lipinski definition) is 2. The molecule has 2 amide bonds. The van der Waals surface area contributed by atoms with E-state index in [-0.39, 0.29) is 11.7 Å². The van der Waals surface area contributed by atoms with E-state index in [4.69, 9.17) is 4.42 Å². The van der Waals surface area contributed by atoms with Gasteiger partial charge in [-0.25, -0.2) is 0 Å². The van der Waals surface area contributed by atoms with Gasteiger partial charge in [-0.05, 0) is 25.1 Å². The molecule has 0 unspecified atom stereocenters. The quantitative estimate of drug-likeness (QED) is 0.745. The first kappa shape index (κ1) is 15.8. The van der Waals surface area contributed by atoms with Gasteiger partial charge in [-0.3, -0.25) is 14.3 Å². The van der Waals surface area contributed by atoms with E-state index in [0.29, 0.717) is 6.54 Å². The molecule has 0 aliphatic carbocycles. The van der Waals surface area contributed by atoms with Crippen LogP contribution >= 0.6 is 0 Å². The number of aromatic nitrogens is 2. The van der Waals surface area contributed by atoms with Gasteiger partial charge in [0.2, 0.25) is 5.91 Å². The van der Waals surface area contributed by atoms with Crippen LogP contribution in [0.1, 0.15) is 23.2 Å². The molecule has 1 atom stereocenters. The molecule has 3 aromatic rings. The molecule has 0 spiro atoms. The van der Waals surface area contributed by atoms with Gasteiger partial charge in [-0.1, -0.05) is 18.2 Å². The highest BCUT2D eigenvalue weighted by atomic mass is 16.3. The molecule has 0 saturated carbocycles. The number of nitrogens with one attached hydrogen (secondary N) is 2. The van der Waals surface area contributed by atoms with E-state index in [1.54, 1.807) is 23.7 Å². The fourth-order valence-corrected chi connectivity index (χ4v) is 2.48. The monoisotopic (exact) mass is 326 g/mol. The maximum absolute atomic E-state index is 12.2. The molecule has 2 aromatic heterocycles. The van der Waals surface area contributed by atoms with Crippen molar-refractivity contribution in [3.8, 4) is 0 Å². The number of carbonyl (C=O) groups is 2. The predicted octanol–water partition coefficient (Wildman–Crippen LogP) is 1.60. The number of fused-ring (bicyclic) bond motifs is 1. The fraction of sp³-hybridized carbons (Fsp3) is 0.235. The Morgan fingerprint density at radius 1 is 1.25 bits per heavy atom. The molecule has 0 bridgehead atoms. The summed E-state index contributed by atoms with van der Waals surface area (Å²) in [5, 5.41) is 10.8. The molecule has 24 heavy (non-hydrogen) atoms. The van der Waals surface area contributed by atoms with Crippen LogP contribution in [0.4, 0.5) is 0 Å². The molecule has 124 valence electrons. The largest absolute Gasteiger partial charge is 0.459 e. The normalized spacial score (nSPS) is 12.1. The number of aryl methyl sites for hydroxylation is 1. The lowest BCUT2D eigenvalue weighted by molar-refractivity contribution is -0.122. The number of rotatable bonds is 5. The SMILES string of the molecule is C[C@H](NC(=O)c1ccco1)C(=O)NCc1nn(C)c2ccccc12. The Labute approximate surface area is 138 Å². The zero-order valence-electron chi connectivity index (χ0n) is 13.4. The van der Waals surface area contributed by atoms with Crippen molar-refractivity contribution in [2.75, 3.05) is 0 Å². The highest BCUT2D eigenvalue weighted by Crippen LogP contribution is 2.17. The maximum Gasteiger partial charge on any atom is 0.287 e. The zero-order chi connectivity index (χ0) is 17.1. The Kier molecular flexibility index (Phi) is 4.33. The third kappa shape index (κ3) is 3.15. The summed E-state index contributed by atoms with van der Waals surface area (Å²) in [5.41, 5.74) is 1.78. The highest BCUT2D eigenvalue weighted by Gasteiger charge is 2.18. The predicted molar refractivity (Wildman–Crippen MR) is 88.2 cm³/mol. The smallest absolute Gasteiger partial charge is 0.287 e. The first-order valence-electron chi connectivity index (χ1n) is 7.59. The Morgan fingerprint density at radius 3 is 2.79 bits per heavy atom. The maximum atomic E-state index is 12.2. The van der Waals surface area contributed by atoms with Crippen molar-refractivity contribution in [2.45, 2.75) is 19.5 Å². The van der Waals surface area contributed by atoms with Gasteiger partial charge >= 0.3 is 0 Å². The van der Waals surface area contributed by atoms with Gasteiger partial charge in [0.15, 0.2) is 5.76 Å². The van der Waals surface area contributed by atoms with E-state index in [0.717, 1.165) is 16.6 Å². The van der Waals surface area contributed by atoms with Gasteiger partial charge in [-0.15, -0.1) is 0 Å². The fourth-order valence-electron chi connectivity index (χ4n) is 2.48. The standard InChI is InChI=1S/C17H18N4O3/c1-11(19-17(23)15-8-5-9-24-15)16(22)18-10-13-12-6-3-4-7-14(12)21(2)20-13/h3-9,11H,10H2,1-2H3,(H,18,22)(H,19,23)/t11-/m0/s1. The van der Waals surface area contributed by atoms with Crippen molar-refractivity contribution in [1.82, 2.24) is 20.4 Å². The zero-order valence-corrected chi connectivity index (χ0v) is 13.4. The average Bonchev–Trinajstić information content (AvgIpc) is 3.22. The van der Waals surface area contributed by atoms with Crippen molar-refractivity contribution in [2.24, 2.45) is 7.05 Å². The van der Waals surface area contributed by atoms with Crippen molar-refractivity contribution < 1.29 is 14.0 Å². The first-order chi connectivity index (χ1) is 11.6. The Balaban J connectivity index is 1.61. The van der Waals surface area contributed by atoms with Gasteiger partial charge in [0.1, 0.15) is 6.04 Å². The van der Waals surface area contributed by atoms with Crippen LogP contribution in [0.15, 0.2) is 47.1 Å². The molecule has 2 N–H and O–H groups in total. The van der Waals surface area contributed by atoms with Crippen LogP contribution in [0.5, 0.6) is 0 Å². The number of carbonyl (C=O) groups excluding carboxylic acids is 2. The highest BCUT2D eigenvalue weighted by molar-refractivity contribution is 5.95. The summed E-state index contributed by atoms with van der Waals surface area (Å²) in [6.45, 7) is 1.91. The summed E-state index contributed by atoms with van der Waals surface area (Å²) in [6, 6.07) is 10.3. The van der Waals surface area contributed by atoms with E-state index >= 15 is 0 Å². The summed E-state index contributed by atoms with van der Waals surface area (Å²) in [4.78, 5) is 24.0. The number of para-hydroxylation sites is 1. The first-order valence-corrected chi connectivity index (χ1v) is 7.59. The lowest BCUT2D eigenvalue weighted by atomic mass is 10.2. The number of amides is 2. The second-order valence-electron chi connectivity index (χ2n) is 5.48. The summed E-state index contributed by atoms with van der Waals surface area (Å²) >= 11 is 0. The number of nitrogens with zero attached hydrogens (tertiary/aromatic N) is 2. The van der Waals surface area contributed by atoms with Crippen LogP contribution < -0.4 is 10.6 Å². The average molecular weight is 326 g/mol. The van der Waals surface area contributed by atoms with Crippen LogP contribution in [-0.2, 0) is 18.4 Å². The summed E-state index contributed by atoms with van der Waals surface area (Å²) in [5.74, 6) is -0.541. The topological polar surface area (TPSA) is 89.2 Å². The molecule has 0 fully saturated rings. The molecule has 0 aliphatic heterocycles. The molecular weight excluding hydrogens is 308 g/mol. The van der Waals surface area contributed by atoms with Crippen LogP contribution in [0, 0.1) is 0 Å². The Bertz CT molecular complexity index is 867. The van der Waals surface area contributed by atoms with Crippen molar-refractivity contribution >= 4 is 22.7 Å². The molecule has 2 heterocycles. The van der Waals surface area contributed by atoms with Gasteiger partial charge < -0.3 is 15.1 Å². The van der Waals surface area contributed by atoms with E-state index in [1.807, 2.05) is 31.3 Å². The Hall–Kier alpha value is -3.09. The third-order valence-electron chi connectivity index (χ3n) is 3.75. The third-order valence-corrected chi connectivity index (χ3v) is 3.75.